The van der Waals surface area contributed by atoms with E-state index in [9.17, 15) is 14.4 Å². The third-order valence-electron chi connectivity index (χ3n) is 4.71. The van der Waals surface area contributed by atoms with E-state index in [-0.39, 0.29) is 17.3 Å². The zero-order valence-corrected chi connectivity index (χ0v) is 16.6. The highest BCUT2D eigenvalue weighted by molar-refractivity contribution is 7.15. The van der Waals surface area contributed by atoms with Gasteiger partial charge in [-0.05, 0) is 30.3 Å². The van der Waals surface area contributed by atoms with E-state index in [1.54, 1.807) is 36.7 Å². The van der Waals surface area contributed by atoms with E-state index < -0.39 is 18.4 Å². The Labute approximate surface area is 174 Å². The molecule has 1 aliphatic heterocycles. The summed E-state index contributed by atoms with van der Waals surface area (Å²) in [5.41, 5.74) is 7.67. The standard InChI is InChI=1S/C20H17N5O4S/c1-25(16(27)9-26)11-2-3-12-13(6-11)23-19(17(12)18(21)28)24-20(29)15-5-4-14(30-15)10-7-22-8-10/h2-8,23,26H,9H2,1H3,(H2,21,28)(H,24,29). The number of hydrogen-bond donors (Lipinski definition) is 4. The van der Waals surface area contributed by atoms with Gasteiger partial charge in [0.1, 0.15) is 12.4 Å². The van der Waals surface area contributed by atoms with Crippen LogP contribution in [0.4, 0.5) is 11.5 Å². The van der Waals surface area contributed by atoms with Gasteiger partial charge < -0.3 is 26.0 Å². The molecule has 10 heteroatoms. The molecule has 0 radical (unpaired) electrons. The minimum absolute atomic E-state index is 0.145. The van der Waals surface area contributed by atoms with Gasteiger partial charge in [-0.15, -0.1) is 11.3 Å². The molecule has 0 saturated carbocycles. The van der Waals surface area contributed by atoms with Gasteiger partial charge in [0.25, 0.3) is 17.7 Å². The number of aliphatic hydroxyl groups is 1. The molecule has 152 valence electrons. The van der Waals surface area contributed by atoms with Gasteiger partial charge in [0.15, 0.2) is 0 Å². The van der Waals surface area contributed by atoms with E-state index in [0.29, 0.717) is 21.5 Å². The second-order valence-corrected chi connectivity index (χ2v) is 7.64. The molecule has 3 heterocycles. The number of nitrogens with zero attached hydrogens (tertiary/aromatic N) is 2. The smallest absolute Gasteiger partial charge is 0.266 e. The minimum atomic E-state index is -0.702. The van der Waals surface area contributed by atoms with Gasteiger partial charge in [0.2, 0.25) is 0 Å². The normalized spacial score (nSPS) is 12.4. The molecule has 5 N–H and O–H groups in total. The van der Waals surface area contributed by atoms with Crippen LogP contribution < -0.4 is 16.0 Å². The van der Waals surface area contributed by atoms with Crippen molar-refractivity contribution in [3.8, 4) is 0 Å². The Morgan fingerprint density at radius 1 is 1.27 bits per heavy atom. The molecule has 30 heavy (non-hydrogen) atoms. The molecule has 9 nitrogen and oxygen atoms in total. The first-order chi connectivity index (χ1) is 14.4. The van der Waals surface area contributed by atoms with Gasteiger partial charge in [-0.25, -0.2) is 0 Å². The number of hydrogen-bond acceptors (Lipinski definition) is 6. The molecule has 1 aliphatic rings. The topological polar surface area (TPSA) is 141 Å². The number of fused-ring (bicyclic) bond motifs is 1. The van der Waals surface area contributed by atoms with Crippen molar-refractivity contribution < 1.29 is 19.5 Å². The van der Waals surface area contributed by atoms with Crippen molar-refractivity contribution in [2.75, 3.05) is 23.9 Å². The Morgan fingerprint density at radius 2 is 2.03 bits per heavy atom. The zero-order chi connectivity index (χ0) is 21.4. The Morgan fingerprint density at radius 3 is 2.67 bits per heavy atom. The van der Waals surface area contributed by atoms with Gasteiger partial charge in [0, 0.05) is 46.5 Å². The van der Waals surface area contributed by atoms with Crippen molar-refractivity contribution in [1.29, 1.82) is 0 Å². The maximum absolute atomic E-state index is 12.7. The molecule has 0 saturated heterocycles. The number of carbonyl (C=O) groups excluding carboxylic acids is 3. The number of thiophene rings is 1. The summed E-state index contributed by atoms with van der Waals surface area (Å²) in [7, 11) is 1.52. The van der Waals surface area contributed by atoms with Gasteiger partial charge >= 0.3 is 0 Å². The second-order valence-electron chi connectivity index (χ2n) is 6.56. The van der Waals surface area contributed by atoms with Crippen LogP contribution in [0.3, 0.4) is 0 Å². The lowest BCUT2D eigenvalue weighted by Crippen LogP contribution is -2.28. The minimum Gasteiger partial charge on any atom is -0.387 e. The number of nitrogens with one attached hydrogen (secondary N) is 2. The number of allylic oxidation sites excluding steroid dienone is 1. The monoisotopic (exact) mass is 423 g/mol. The molecule has 4 rings (SSSR count). The first kappa shape index (κ1) is 19.6. The van der Waals surface area contributed by atoms with Crippen LogP contribution in [0.2, 0.25) is 0 Å². The fraction of sp³-hybridized carbons (Fsp3) is 0.100. The van der Waals surface area contributed by atoms with Gasteiger partial charge in [0.05, 0.1) is 10.4 Å². The van der Waals surface area contributed by atoms with Crippen molar-refractivity contribution >= 4 is 63.3 Å². The van der Waals surface area contributed by atoms with Crippen LogP contribution in [0.1, 0.15) is 24.9 Å². The third kappa shape index (κ3) is 3.38. The number of benzene rings is 1. The number of H-pyrrole nitrogens is 1. The molecule has 0 bridgehead atoms. The van der Waals surface area contributed by atoms with Crippen LogP contribution in [-0.4, -0.2) is 47.7 Å². The molecule has 0 aliphatic carbocycles. The number of rotatable bonds is 6. The molecule has 0 atom stereocenters. The second kappa shape index (κ2) is 7.58. The lowest BCUT2D eigenvalue weighted by molar-refractivity contribution is -0.120. The summed E-state index contributed by atoms with van der Waals surface area (Å²) in [6, 6.07) is 8.42. The maximum atomic E-state index is 12.7. The first-order valence-corrected chi connectivity index (χ1v) is 9.68. The van der Waals surface area contributed by atoms with Crippen LogP contribution in [0.15, 0.2) is 41.5 Å². The van der Waals surface area contributed by atoms with E-state index in [0.717, 1.165) is 10.5 Å². The SMILES string of the molecule is CN(C(=O)CO)c1ccc2c(C(N)=O)c(NC(=O)c3ccc(C4=CN=C4)s3)[nH]c2c1. The highest BCUT2D eigenvalue weighted by atomic mass is 32.1. The molecule has 0 fully saturated rings. The van der Waals surface area contributed by atoms with Crippen LogP contribution in [0.25, 0.3) is 16.5 Å². The number of aliphatic imine (C=N–C) groups is 1. The van der Waals surface area contributed by atoms with Crippen molar-refractivity contribution in [1.82, 2.24) is 4.98 Å². The number of amides is 3. The van der Waals surface area contributed by atoms with Crippen LogP contribution in [-0.2, 0) is 4.79 Å². The fourth-order valence-corrected chi connectivity index (χ4v) is 3.94. The summed E-state index contributed by atoms with van der Waals surface area (Å²) in [5.74, 6) is -1.39. The number of anilines is 2. The van der Waals surface area contributed by atoms with Crippen LogP contribution in [0, 0.1) is 0 Å². The predicted molar refractivity (Wildman–Crippen MR) is 116 cm³/mol. The summed E-state index contributed by atoms with van der Waals surface area (Å²) in [6.45, 7) is -0.626. The van der Waals surface area contributed by atoms with Gasteiger partial charge in [-0.3, -0.25) is 19.4 Å². The lowest BCUT2D eigenvalue weighted by atomic mass is 10.1. The van der Waals surface area contributed by atoms with E-state index in [4.69, 9.17) is 10.8 Å². The summed E-state index contributed by atoms with van der Waals surface area (Å²) in [6.07, 6.45) is 3.43. The molecule has 0 spiro atoms. The number of likely N-dealkylation sites (N-methyl/N-ethyl adjacent to an activating group) is 1. The Hall–Kier alpha value is -3.76. The zero-order valence-electron chi connectivity index (χ0n) is 15.8. The van der Waals surface area contributed by atoms with Crippen molar-refractivity contribution in [2.24, 2.45) is 10.7 Å². The molecular formula is C20H17N5O4S. The lowest BCUT2D eigenvalue weighted by Gasteiger charge is -2.15. The average Bonchev–Trinajstić information content (AvgIpc) is 3.29. The Balaban J connectivity index is 1.66. The number of nitrogens with two attached hydrogens (primary N) is 1. The Bertz CT molecular complexity index is 1250. The average molecular weight is 423 g/mol. The summed E-state index contributed by atoms with van der Waals surface area (Å²) in [4.78, 5) is 46.1. The molecule has 3 amide bonds. The number of aliphatic hydroxyl groups excluding tert-OH is 1. The quantitative estimate of drug-likeness (QED) is 0.481. The number of aromatic amines is 1. The molecule has 0 unspecified atom stereocenters. The number of aromatic nitrogens is 1. The maximum Gasteiger partial charge on any atom is 0.266 e. The summed E-state index contributed by atoms with van der Waals surface area (Å²) >= 11 is 1.31. The van der Waals surface area contributed by atoms with E-state index in [1.165, 1.54) is 23.3 Å². The predicted octanol–water partition coefficient (Wildman–Crippen LogP) is 1.96. The molecule has 3 aromatic rings. The largest absolute Gasteiger partial charge is 0.387 e. The van der Waals surface area contributed by atoms with Crippen molar-refractivity contribution in [3.05, 3.63) is 51.8 Å². The van der Waals surface area contributed by atoms with Gasteiger partial charge in [-0.1, -0.05) is 0 Å². The number of carbonyl (C=O) groups is 3. The molecular weight excluding hydrogens is 406 g/mol. The van der Waals surface area contributed by atoms with Gasteiger partial charge in [-0.2, -0.15) is 0 Å². The summed E-state index contributed by atoms with van der Waals surface area (Å²) < 4.78 is 0. The molecule has 1 aromatic carbocycles. The van der Waals surface area contributed by atoms with Crippen molar-refractivity contribution in [2.45, 2.75) is 0 Å². The van der Waals surface area contributed by atoms with Crippen LogP contribution in [0.5, 0.6) is 0 Å². The Kier molecular flexibility index (Phi) is 4.94. The van der Waals surface area contributed by atoms with Crippen LogP contribution >= 0.6 is 11.3 Å². The summed E-state index contributed by atoms with van der Waals surface area (Å²) in [5, 5.41) is 12.3. The highest BCUT2D eigenvalue weighted by Crippen LogP contribution is 2.31. The first-order valence-electron chi connectivity index (χ1n) is 8.87. The van der Waals surface area contributed by atoms with Crippen molar-refractivity contribution in [3.63, 3.8) is 0 Å². The number of primary amides is 1. The third-order valence-corrected chi connectivity index (χ3v) is 5.84. The fourth-order valence-electron chi connectivity index (χ4n) is 3.06. The van der Waals surface area contributed by atoms with E-state index >= 15 is 0 Å². The highest BCUT2D eigenvalue weighted by Gasteiger charge is 2.21. The molecule has 2 aromatic heterocycles. The van der Waals surface area contributed by atoms with E-state index in [2.05, 4.69) is 15.3 Å². The van der Waals surface area contributed by atoms with E-state index in [1.807, 2.05) is 6.07 Å².